The second-order valence-electron chi connectivity index (χ2n) is 8.92. The second-order valence-corrected chi connectivity index (χ2v) is 9.90. The van der Waals surface area contributed by atoms with Gasteiger partial charge < -0.3 is 25.2 Å². The van der Waals surface area contributed by atoms with E-state index in [-0.39, 0.29) is 11.9 Å². The van der Waals surface area contributed by atoms with Crippen molar-refractivity contribution in [3.05, 3.63) is 59.6 Å². The first-order valence-electron chi connectivity index (χ1n) is 12.2. The lowest BCUT2D eigenvalue weighted by atomic mass is 10.1. The molecular formula is C26H31N7O3S. The average molecular weight is 522 g/mol. The quantitative estimate of drug-likeness (QED) is 0.426. The number of carbonyl (C=O) groups excluding carboxylic acids is 1. The molecule has 5 rings (SSSR count). The molecule has 4 heterocycles. The van der Waals surface area contributed by atoms with Gasteiger partial charge in [0.25, 0.3) is 0 Å². The summed E-state index contributed by atoms with van der Waals surface area (Å²) in [5, 5.41) is 10.2. The third-order valence-corrected chi connectivity index (χ3v) is 7.50. The molecular weight excluding hydrogens is 490 g/mol. The summed E-state index contributed by atoms with van der Waals surface area (Å²) in [5.74, 6) is 1.61. The van der Waals surface area contributed by atoms with E-state index in [2.05, 4.69) is 55.5 Å². The van der Waals surface area contributed by atoms with Crippen molar-refractivity contribution in [3.8, 4) is 5.75 Å². The standard InChI is InChI=1S/C26H31N7O3S/c1-4-26(34)30-18-14-19(22(35-3)15-21(18)32-10-8-31(2)9-11-32)29-24-16-25(28-17-27-24)33-20(7-12-36-33)23-6-5-13-37-23/h4-6,13-17,20H,1,7-12H2,2-3H3,(H,30,34)(H,27,28,29). The molecule has 1 aromatic carbocycles. The van der Waals surface area contributed by atoms with E-state index in [0.29, 0.717) is 35.4 Å². The molecule has 2 aliphatic rings. The number of nitrogens with zero attached hydrogens (tertiary/aromatic N) is 5. The number of likely N-dealkylation sites (N-methyl/N-ethyl adjacent to an activating group) is 1. The van der Waals surface area contributed by atoms with Crippen LogP contribution in [0.5, 0.6) is 5.75 Å². The van der Waals surface area contributed by atoms with Crippen molar-refractivity contribution in [1.82, 2.24) is 14.9 Å². The first-order valence-corrected chi connectivity index (χ1v) is 13.1. The molecule has 1 unspecified atom stereocenters. The van der Waals surface area contributed by atoms with Crippen LogP contribution in [0.3, 0.4) is 0 Å². The molecule has 1 atom stereocenters. The fourth-order valence-electron chi connectivity index (χ4n) is 4.54. The highest BCUT2D eigenvalue weighted by Gasteiger charge is 2.30. The number of methoxy groups -OCH3 is 1. The Kier molecular flexibility index (Phi) is 7.54. The SMILES string of the molecule is C=CC(=O)Nc1cc(Nc2cc(N3OCCC3c3cccs3)ncn2)c(OC)cc1N1CCN(C)CC1. The molecule has 0 saturated carbocycles. The van der Waals surface area contributed by atoms with Gasteiger partial charge in [-0.3, -0.25) is 9.63 Å². The molecule has 11 heteroatoms. The molecule has 0 bridgehead atoms. The number of carbonyl (C=O) groups is 1. The summed E-state index contributed by atoms with van der Waals surface area (Å²) < 4.78 is 5.74. The number of anilines is 5. The van der Waals surface area contributed by atoms with Crippen LogP contribution in [0, 0.1) is 0 Å². The Bertz CT molecular complexity index is 1240. The molecule has 0 aliphatic carbocycles. The van der Waals surface area contributed by atoms with Crippen LogP contribution in [-0.4, -0.2) is 67.7 Å². The van der Waals surface area contributed by atoms with Gasteiger partial charge in [0, 0.05) is 49.6 Å². The van der Waals surface area contributed by atoms with Crippen molar-refractivity contribution in [2.24, 2.45) is 0 Å². The molecule has 2 saturated heterocycles. The van der Waals surface area contributed by atoms with Gasteiger partial charge in [-0.15, -0.1) is 11.3 Å². The lowest BCUT2D eigenvalue weighted by molar-refractivity contribution is -0.111. The monoisotopic (exact) mass is 521 g/mol. The maximum Gasteiger partial charge on any atom is 0.247 e. The van der Waals surface area contributed by atoms with E-state index < -0.39 is 0 Å². The fourth-order valence-corrected chi connectivity index (χ4v) is 5.38. The number of hydrogen-bond acceptors (Lipinski definition) is 10. The van der Waals surface area contributed by atoms with E-state index in [1.165, 1.54) is 17.3 Å². The number of thiophene rings is 1. The van der Waals surface area contributed by atoms with Gasteiger partial charge in [-0.05, 0) is 30.6 Å². The van der Waals surface area contributed by atoms with Crippen molar-refractivity contribution in [3.63, 3.8) is 0 Å². The van der Waals surface area contributed by atoms with Gasteiger partial charge in [0.15, 0.2) is 5.82 Å². The van der Waals surface area contributed by atoms with E-state index in [0.717, 1.165) is 38.3 Å². The molecule has 194 valence electrons. The van der Waals surface area contributed by atoms with Crippen LogP contribution < -0.4 is 25.3 Å². The van der Waals surface area contributed by atoms with Gasteiger partial charge in [-0.2, -0.15) is 0 Å². The largest absolute Gasteiger partial charge is 0.494 e. The van der Waals surface area contributed by atoms with Gasteiger partial charge in [-0.1, -0.05) is 12.6 Å². The fraction of sp³-hybridized carbons (Fsp3) is 0.346. The van der Waals surface area contributed by atoms with Crippen molar-refractivity contribution in [1.29, 1.82) is 0 Å². The van der Waals surface area contributed by atoms with Crippen LogP contribution in [0.25, 0.3) is 0 Å². The summed E-state index contributed by atoms with van der Waals surface area (Å²) in [6.45, 7) is 7.79. The van der Waals surface area contributed by atoms with Crippen LogP contribution in [-0.2, 0) is 9.63 Å². The molecule has 2 aliphatic heterocycles. The minimum atomic E-state index is -0.276. The maximum atomic E-state index is 12.3. The Morgan fingerprint density at radius 1 is 1.22 bits per heavy atom. The van der Waals surface area contributed by atoms with E-state index in [1.54, 1.807) is 18.4 Å². The lowest BCUT2D eigenvalue weighted by Crippen LogP contribution is -2.44. The molecule has 3 aromatic rings. The van der Waals surface area contributed by atoms with Gasteiger partial charge in [0.2, 0.25) is 5.91 Å². The minimum Gasteiger partial charge on any atom is -0.494 e. The van der Waals surface area contributed by atoms with Gasteiger partial charge in [-0.25, -0.2) is 15.0 Å². The number of hydrogen-bond donors (Lipinski definition) is 2. The summed E-state index contributed by atoms with van der Waals surface area (Å²) >= 11 is 1.71. The number of aromatic nitrogens is 2. The number of piperazine rings is 1. The average Bonchev–Trinajstić information content (AvgIpc) is 3.62. The topological polar surface area (TPSA) is 95.1 Å². The van der Waals surface area contributed by atoms with Gasteiger partial charge >= 0.3 is 0 Å². The summed E-state index contributed by atoms with van der Waals surface area (Å²) in [7, 11) is 3.74. The Morgan fingerprint density at radius 3 is 2.78 bits per heavy atom. The second kappa shape index (κ2) is 11.2. The summed E-state index contributed by atoms with van der Waals surface area (Å²) in [4.78, 5) is 32.8. The van der Waals surface area contributed by atoms with Crippen LogP contribution in [0.1, 0.15) is 17.3 Å². The number of rotatable bonds is 8. The van der Waals surface area contributed by atoms with Crippen LogP contribution in [0.4, 0.5) is 28.7 Å². The number of nitrogens with one attached hydrogen (secondary N) is 2. The highest BCUT2D eigenvalue weighted by Crippen LogP contribution is 2.40. The smallest absolute Gasteiger partial charge is 0.247 e. The molecule has 10 nitrogen and oxygen atoms in total. The molecule has 0 spiro atoms. The van der Waals surface area contributed by atoms with E-state index in [4.69, 9.17) is 9.57 Å². The van der Waals surface area contributed by atoms with Crippen molar-refractivity contribution >= 4 is 45.9 Å². The zero-order valence-corrected chi connectivity index (χ0v) is 21.8. The highest BCUT2D eigenvalue weighted by molar-refractivity contribution is 7.10. The van der Waals surface area contributed by atoms with E-state index in [1.807, 2.05) is 29.3 Å². The van der Waals surface area contributed by atoms with E-state index in [9.17, 15) is 4.79 Å². The summed E-state index contributed by atoms with van der Waals surface area (Å²) in [5.41, 5.74) is 2.24. The van der Waals surface area contributed by atoms with Gasteiger partial charge in [0.1, 0.15) is 17.9 Å². The molecule has 37 heavy (non-hydrogen) atoms. The Morgan fingerprint density at radius 2 is 2.05 bits per heavy atom. The lowest BCUT2D eigenvalue weighted by Gasteiger charge is -2.35. The van der Waals surface area contributed by atoms with Crippen molar-refractivity contribution in [2.45, 2.75) is 12.5 Å². The van der Waals surface area contributed by atoms with Gasteiger partial charge in [0.05, 0.1) is 36.8 Å². The predicted molar refractivity (Wildman–Crippen MR) is 147 cm³/mol. The molecule has 2 N–H and O–H groups in total. The number of amides is 1. The number of benzene rings is 1. The number of hydroxylamine groups is 1. The minimum absolute atomic E-state index is 0.112. The normalized spacial score (nSPS) is 18.1. The molecule has 2 aromatic heterocycles. The Labute approximate surface area is 220 Å². The highest BCUT2D eigenvalue weighted by atomic mass is 32.1. The van der Waals surface area contributed by atoms with Crippen LogP contribution in [0.2, 0.25) is 0 Å². The summed E-state index contributed by atoms with van der Waals surface area (Å²) in [6, 6.07) is 9.94. The van der Waals surface area contributed by atoms with Crippen molar-refractivity contribution < 1.29 is 14.4 Å². The third-order valence-electron chi connectivity index (χ3n) is 6.52. The maximum absolute atomic E-state index is 12.3. The molecule has 2 fully saturated rings. The summed E-state index contributed by atoms with van der Waals surface area (Å²) in [6.07, 6.45) is 3.67. The Hall–Kier alpha value is -3.67. The van der Waals surface area contributed by atoms with Crippen LogP contribution >= 0.6 is 11.3 Å². The third kappa shape index (κ3) is 5.53. The zero-order valence-electron chi connectivity index (χ0n) is 21.0. The Balaban J connectivity index is 1.44. The molecule has 1 amide bonds. The first kappa shape index (κ1) is 25.0. The number of ether oxygens (including phenoxy) is 1. The predicted octanol–water partition coefficient (Wildman–Crippen LogP) is 4.05. The van der Waals surface area contributed by atoms with E-state index >= 15 is 0 Å². The van der Waals surface area contributed by atoms with Crippen molar-refractivity contribution in [2.75, 3.05) is 67.5 Å². The molecule has 0 radical (unpaired) electrons. The first-order chi connectivity index (χ1) is 18.1. The van der Waals surface area contributed by atoms with Crippen LogP contribution in [0.15, 0.2) is 54.7 Å². The zero-order chi connectivity index (χ0) is 25.8.